The summed E-state index contributed by atoms with van der Waals surface area (Å²) in [7, 11) is 4.33. The van der Waals surface area contributed by atoms with Crippen LogP contribution >= 0.6 is 0 Å². The van der Waals surface area contributed by atoms with Gasteiger partial charge in [-0.1, -0.05) is 0 Å². The predicted octanol–water partition coefficient (Wildman–Crippen LogP) is 1.26. The van der Waals surface area contributed by atoms with Gasteiger partial charge < -0.3 is 15.1 Å². The number of aromatic nitrogens is 2. The van der Waals surface area contributed by atoms with Crippen LogP contribution in [0.4, 0.5) is 5.82 Å². The first-order chi connectivity index (χ1) is 9.72. The SMILES string of the molecule is CN(CC1CCCN1C)c1cncc(CNC2CC2)n1. The summed E-state index contributed by atoms with van der Waals surface area (Å²) in [5, 5.41) is 3.49. The number of likely N-dealkylation sites (tertiary alicyclic amines) is 1. The van der Waals surface area contributed by atoms with E-state index >= 15 is 0 Å². The molecule has 1 aliphatic carbocycles. The molecule has 2 fully saturated rings. The van der Waals surface area contributed by atoms with Crippen molar-refractivity contribution >= 4 is 5.82 Å². The molecular formula is C15H25N5. The lowest BCUT2D eigenvalue weighted by Gasteiger charge is -2.26. The fourth-order valence-corrected chi connectivity index (χ4v) is 2.82. The fraction of sp³-hybridized carbons (Fsp3) is 0.733. The fourth-order valence-electron chi connectivity index (χ4n) is 2.82. The van der Waals surface area contributed by atoms with Crippen molar-refractivity contribution in [3.63, 3.8) is 0 Å². The molecule has 20 heavy (non-hydrogen) atoms. The van der Waals surface area contributed by atoms with Crippen LogP contribution in [0, 0.1) is 0 Å². The minimum atomic E-state index is 0.648. The van der Waals surface area contributed by atoms with E-state index in [9.17, 15) is 0 Å². The molecule has 0 spiro atoms. The van der Waals surface area contributed by atoms with E-state index in [2.05, 4.69) is 34.2 Å². The summed E-state index contributed by atoms with van der Waals surface area (Å²) in [6, 6.07) is 1.36. The molecule has 0 bridgehead atoms. The molecule has 1 N–H and O–H groups in total. The molecule has 1 saturated heterocycles. The summed E-state index contributed by atoms with van der Waals surface area (Å²) < 4.78 is 0. The molecule has 1 unspecified atom stereocenters. The minimum Gasteiger partial charge on any atom is -0.357 e. The summed E-state index contributed by atoms with van der Waals surface area (Å²) >= 11 is 0. The summed E-state index contributed by atoms with van der Waals surface area (Å²) in [6.07, 6.45) is 8.95. The zero-order chi connectivity index (χ0) is 13.9. The third-order valence-electron chi connectivity index (χ3n) is 4.37. The Morgan fingerprint density at radius 1 is 1.35 bits per heavy atom. The van der Waals surface area contributed by atoms with E-state index in [1.54, 1.807) is 0 Å². The second-order valence-electron chi connectivity index (χ2n) is 6.18. The lowest BCUT2D eigenvalue weighted by molar-refractivity contribution is 0.314. The lowest BCUT2D eigenvalue weighted by Crippen LogP contribution is -2.37. The van der Waals surface area contributed by atoms with Gasteiger partial charge in [-0.05, 0) is 39.3 Å². The van der Waals surface area contributed by atoms with Crippen molar-refractivity contribution < 1.29 is 0 Å². The summed E-state index contributed by atoms with van der Waals surface area (Å²) in [4.78, 5) is 13.7. The van der Waals surface area contributed by atoms with Crippen LogP contribution in [-0.4, -0.2) is 54.1 Å². The van der Waals surface area contributed by atoms with E-state index in [1.807, 2.05) is 12.4 Å². The molecule has 1 aliphatic heterocycles. The second-order valence-corrected chi connectivity index (χ2v) is 6.18. The van der Waals surface area contributed by atoms with E-state index in [-0.39, 0.29) is 0 Å². The molecule has 110 valence electrons. The Kier molecular flexibility index (Phi) is 4.17. The highest BCUT2D eigenvalue weighted by Crippen LogP contribution is 2.20. The molecule has 1 saturated carbocycles. The van der Waals surface area contributed by atoms with Crippen LogP contribution in [0.3, 0.4) is 0 Å². The molecule has 1 aromatic heterocycles. The topological polar surface area (TPSA) is 44.3 Å². The summed E-state index contributed by atoms with van der Waals surface area (Å²) in [5.74, 6) is 0.986. The molecule has 2 aliphatic rings. The second kappa shape index (κ2) is 6.06. The van der Waals surface area contributed by atoms with E-state index < -0.39 is 0 Å². The van der Waals surface area contributed by atoms with Crippen LogP contribution in [0.2, 0.25) is 0 Å². The zero-order valence-corrected chi connectivity index (χ0v) is 12.5. The number of likely N-dealkylation sites (N-methyl/N-ethyl adjacent to an activating group) is 2. The van der Waals surface area contributed by atoms with Gasteiger partial charge in [-0.15, -0.1) is 0 Å². The van der Waals surface area contributed by atoms with Crippen LogP contribution in [0.25, 0.3) is 0 Å². The molecule has 0 aromatic carbocycles. The normalized spacial score (nSPS) is 23.2. The molecular weight excluding hydrogens is 250 g/mol. The van der Waals surface area contributed by atoms with Crippen molar-refractivity contribution in [2.75, 3.05) is 32.1 Å². The number of rotatable bonds is 6. The van der Waals surface area contributed by atoms with Crippen molar-refractivity contribution in [2.24, 2.45) is 0 Å². The van der Waals surface area contributed by atoms with Gasteiger partial charge in [0.15, 0.2) is 0 Å². The molecule has 5 heteroatoms. The maximum absolute atomic E-state index is 4.72. The highest BCUT2D eigenvalue weighted by molar-refractivity contribution is 5.35. The molecule has 0 amide bonds. The largest absolute Gasteiger partial charge is 0.357 e. The van der Waals surface area contributed by atoms with Crippen molar-refractivity contribution in [2.45, 2.75) is 44.3 Å². The number of hydrogen-bond donors (Lipinski definition) is 1. The van der Waals surface area contributed by atoms with Crippen molar-refractivity contribution in [1.29, 1.82) is 0 Å². The molecule has 1 aromatic rings. The van der Waals surface area contributed by atoms with Crippen LogP contribution in [0.15, 0.2) is 12.4 Å². The Bertz CT molecular complexity index is 446. The first-order valence-corrected chi connectivity index (χ1v) is 7.68. The van der Waals surface area contributed by atoms with Gasteiger partial charge >= 0.3 is 0 Å². The Balaban J connectivity index is 1.58. The van der Waals surface area contributed by atoms with Crippen molar-refractivity contribution in [1.82, 2.24) is 20.2 Å². The Labute approximate surface area is 121 Å². The van der Waals surface area contributed by atoms with Crippen LogP contribution in [-0.2, 0) is 6.54 Å². The van der Waals surface area contributed by atoms with E-state index in [0.717, 1.165) is 24.6 Å². The molecule has 1 atom stereocenters. The number of nitrogens with zero attached hydrogens (tertiary/aromatic N) is 4. The first kappa shape index (κ1) is 13.8. The van der Waals surface area contributed by atoms with Gasteiger partial charge in [0.1, 0.15) is 5.82 Å². The van der Waals surface area contributed by atoms with Crippen LogP contribution in [0.1, 0.15) is 31.4 Å². The Morgan fingerprint density at radius 3 is 2.90 bits per heavy atom. The third kappa shape index (κ3) is 3.46. The Morgan fingerprint density at radius 2 is 2.20 bits per heavy atom. The summed E-state index contributed by atoms with van der Waals surface area (Å²) in [6.45, 7) is 3.09. The maximum atomic E-state index is 4.72. The summed E-state index contributed by atoms with van der Waals surface area (Å²) in [5.41, 5.74) is 1.04. The monoisotopic (exact) mass is 275 g/mol. The van der Waals surface area contributed by atoms with Gasteiger partial charge in [0.25, 0.3) is 0 Å². The quantitative estimate of drug-likeness (QED) is 0.847. The minimum absolute atomic E-state index is 0.648. The van der Waals surface area contributed by atoms with E-state index in [1.165, 1.54) is 32.2 Å². The average Bonchev–Trinajstić information content (AvgIpc) is 3.21. The van der Waals surface area contributed by atoms with E-state index in [0.29, 0.717) is 12.1 Å². The van der Waals surface area contributed by atoms with Crippen molar-refractivity contribution in [3.05, 3.63) is 18.1 Å². The first-order valence-electron chi connectivity index (χ1n) is 7.68. The van der Waals surface area contributed by atoms with E-state index in [4.69, 9.17) is 4.98 Å². The van der Waals surface area contributed by atoms with Crippen molar-refractivity contribution in [3.8, 4) is 0 Å². The molecule has 3 rings (SSSR count). The highest BCUT2D eigenvalue weighted by Gasteiger charge is 2.23. The van der Waals surface area contributed by atoms with Gasteiger partial charge in [-0.25, -0.2) is 4.98 Å². The van der Waals surface area contributed by atoms with Gasteiger partial charge in [0.05, 0.1) is 11.9 Å². The standard InChI is InChI=1S/C15H25N5/c1-19-7-3-4-14(19)11-20(2)15-10-16-8-13(18-15)9-17-12-5-6-12/h8,10,12,14,17H,3-7,9,11H2,1-2H3. The maximum Gasteiger partial charge on any atom is 0.147 e. The number of hydrogen-bond acceptors (Lipinski definition) is 5. The van der Waals surface area contributed by atoms with Gasteiger partial charge in [-0.2, -0.15) is 0 Å². The molecule has 5 nitrogen and oxygen atoms in total. The van der Waals surface area contributed by atoms with Gasteiger partial charge in [0.2, 0.25) is 0 Å². The molecule has 2 heterocycles. The third-order valence-corrected chi connectivity index (χ3v) is 4.37. The predicted molar refractivity (Wildman–Crippen MR) is 80.8 cm³/mol. The zero-order valence-electron chi connectivity index (χ0n) is 12.5. The lowest BCUT2D eigenvalue weighted by atomic mass is 10.2. The van der Waals surface area contributed by atoms with Gasteiger partial charge in [0, 0.05) is 38.4 Å². The highest BCUT2D eigenvalue weighted by atomic mass is 15.2. The molecule has 0 radical (unpaired) electrons. The van der Waals surface area contributed by atoms with Crippen LogP contribution in [0.5, 0.6) is 0 Å². The number of anilines is 1. The van der Waals surface area contributed by atoms with Gasteiger partial charge in [-0.3, -0.25) is 4.98 Å². The van der Waals surface area contributed by atoms with Crippen LogP contribution < -0.4 is 10.2 Å². The average molecular weight is 275 g/mol. The number of nitrogens with one attached hydrogen (secondary N) is 1. The Hall–Kier alpha value is -1.20. The smallest absolute Gasteiger partial charge is 0.147 e.